The lowest BCUT2D eigenvalue weighted by atomic mass is 10.1. The van der Waals surface area contributed by atoms with Gasteiger partial charge in [-0.2, -0.15) is 0 Å². The van der Waals surface area contributed by atoms with Crippen LogP contribution in [0.5, 0.6) is 0 Å². The first-order chi connectivity index (χ1) is 6.24. The largest absolute Gasteiger partial charge is 0.803 e. The van der Waals surface area contributed by atoms with E-state index >= 15 is 0 Å². The van der Waals surface area contributed by atoms with E-state index in [2.05, 4.69) is 0 Å². The molecule has 2 nitrogen and oxygen atoms in total. The number of rotatable bonds is 3. The fourth-order valence-corrected chi connectivity index (χ4v) is 0.952. The summed E-state index contributed by atoms with van der Waals surface area (Å²) in [6.45, 7) is 1.82. The van der Waals surface area contributed by atoms with Crippen LogP contribution < -0.4 is 0 Å². The number of hydrogen-bond donors (Lipinski definition) is 1. The molecule has 0 spiro atoms. The van der Waals surface area contributed by atoms with Crippen LogP contribution in [0.3, 0.4) is 0 Å². The number of aliphatic hydroxyl groups excluding tert-OH is 1. The third kappa shape index (κ3) is 2.75. The molecule has 0 unspecified atom stereocenters. The zero-order valence-corrected chi connectivity index (χ0v) is 7.57. The van der Waals surface area contributed by atoms with Gasteiger partial charge in [0.05, 0.1) is 5.76 Å². The highest BCUT2D eigenvalue weighted by Gasteiger charge is 1.90. The summed E-state index contributed by atoms with van der Waals surface area (Å²) in [5.41, 5.74) is 0.808. The lowest BCUT2D eigenvalue weighted by Crippen LogP contribution is -1.94. The van der Waals surface area contributed by atoms with Gasteiger partial charge in [0.15, 0.2) is 0 Å². The molecule has 0 aliphatic heterocycles. The fraction of sp³-hybridized carbons (Fsp3) is 0.182. The second-order valence-corrected chi connectivity index (χ2v) is 2.74. The molecule has 1 N–H and O–H groups in total. The smallest absolute Gasteiger partial charge is 0.0907 e. The van der Waals surface area contributed by atoms with Crippen LogP contribution in [0.2, 0.25) is 0 Å². The molecule has 13 heavy (non-hydrogen) atoms. The third-order valence-corrected chi connectivity index (χ3v) is 1.74. The second kappa shape index (κ2) is 4.45. The highest BCUT2D eigenvalue weighted by atomic mass is 16.3. The second-order valence-electron chi connectivity index (χ2n) is 2.74. The van der Waals surface area contributed by atoms with Crippen molar-refractivity contribution in [2.24, 2.45) is 0 Å². The van der Waals surface area contributed by atoms with Gasteiger partial charge < -0.3 is 10.5 Å². The average Bonchev–Trinajstić information content (AvgIpc) is 2.19. The Kier molecular flexibility index (Phi) is 3.26. The van der Waals surface area contributed by atoms with Gasteiger partial charge in [0.1, 0.15) is 0 Å². The maximum Gasteiger partial charge on any atom is 0.0907 e. The summed E-state index contributed by atoms with van der Waals surface area (Å²) >= 11 is 0. The maximum absolute atomic E-state index is 9.50. The number of benzene rings is 1. The van der Waals surface area contributed by atoms with E-state index in [1.54, 1.807) is 12.1 Å². The van der Waals surface area contributed by atoms with E-state index in [9.17, 15) is 5.41 Å². The van der Waals surface area contributed by atoms with E-state index < -0.39 is 0 Å². The van der Waals surface area contributed by atoms with Crippen molar-refractivity contribution in [3.8, 4) is 0 Å². The van der Waals surface area contributed by atoms with Crippen LogP contribution in [0.1, 0.15) is 18.9 Å². The summed E-state index contributed by atoms with van der Waals surface area (Å²) in [6.07, 6.45) is 1.90. The summed E-state index contributed by atoms with van der Waals surface area (Å²) in [4.78, 5) is 0. The molecule has 0 atom stereocenters. The minimum atomic E-state index is 0.0972. The molecule has 0 heterocycles. The Balaban J connectivity index is 2.81. The van der Waals surface area contributed by atoms with Gasteiger partial charge in [-0.15, -0.1) is 5.71 Å². The SMILES string of the molecule is CC/C(O)=C/C(=[N-])c1ccccc1. The lowest BCUT2D eigenvalue weighted by Gasteiger charge is -2.08. The van der Waals surface area contributed by atoms with Crippen molar-refractivity contribution in [3.05, 3.63) is 53.1 Å². The van der Waals surface area contributed by atoms with Crippen molar-refractivity contribution >= 4 is 5.71 Å². The van der Waals surface area contributed by atoms with Crippen LogP contribution in [0.15, 0.2) is 42.2 Å². The minimum Gasteiger partial charge on any atom is -0.803 e. The van der Waals surface area contributed by atoms with Gasteiger partial charge in [-0.25, -0.2) is 0 Å². The molecule has 1 aromatic rings. The highest BCUT2D eigenvalue weighted by Crippen LogP contribution is 2.04. The number of aliphatic hydroxyl groups is 1. The monoisotopic (exact) mass is 174 g/mol. The van der Waals surface area contributed by atoms with Gasteiger partial charge in [-0.1, -0.05) is 37.3 Å². The molecule has 0 fully saturated rings. The van der Waals surface area contributed by atoms with Crippen LogP contribution in [-0.2, 0) is 0 Å². The molecule has 0 aromatic heterocycles. The molecule has 0 amide bonds. The van der Waals surface area contributed by atoms with E-state index in [1.165, 1.54) is 6.08 Å². The first-order valence-corrected chi connectivity index (χ1v) is 4.25. The topological polar surface area (TPSA) is 42.5 Å². The van der Waals surface area contributed by atoms with Crippen LogP contribution in [-0.4, -0.2) is 10.8 Å². The standard InChI is InChI=1S/C11H12NO/c1-2-10(13)8-11(12)9-6-4-3-5-7-9/h3-8,13H,2H2,1H3/q-1/b10-8-. The summed E-state index contributed by atoms with van der Waals surface area (Å²) in [7, 11) is 0. The Hall–Kier alpha value is -1.57. The van der Waals surface area contributed by atoms with E-state index in [0.717, 1.165) is 0 Å². The van der Waals surface area contributed by atoms with Gasteiger partial charge in [0.25, 0.3) is 0 Å². The van der Waals surface area contributed by atoms with E-state index in [0.29, 0.717) is 12.0 Å². The summed E-state index contributed by atoms with van der Waals surface area (Å²) < 4.78 is 0. The molecule has 0 saturated carbocycles. The zero-order chi connectivity index (χ0) is 9.68. The Morgan fingerprint density at radius 3 is 2.54 bits per heavy atom. The Morgan fingerprint density at radius 1 is 1.38 bits per heavy atom. The maximum atomic E-state index is 9.50. The molecule has 1 aromatic carbocycles. The number of hydrogen-bond acceptors (Lipinski definition) is 1. The average molecular weight is 174 g/mol. The molecule has 0 bridgehead atoms. The van der Waals surface area contributed by atoms with Crippen molar-refractivity contribution in [2.45, 2.75) is 13.3 Å². The zero-order valence-electron chi connectivity index (χ0n) is 7.57. The van der Waals surface area contributed by atoms with Gasteiger partial charge in [-0.05, 0) is 11.6 Å². The van der Waals surface area contributed by atoms with Crippen LogP contribution in [0, 0.1) is 0 Å². The lowest BCUT2D eigenvalue weighted by molar-refractivity contribution is 0.395. The molecule has 0 aliphatic rings. The van der Waals surface area contributed by atoms with Gasteiger partial charge in [0.2, 0.25) is 0 Å². The summed E-state index contributed by atoms with van der Waals surface area (Å²) in [5.74, 6) is 0.182. The normalized spacial score (nSPS) is 11.3. The number of nitrogens with zero attached hydrogens (tertiary/aromatic N) is 1. The fourth-order valence-electron chi connectivity index (χ4n) is 0.952. The molecule has 68 valence electrons. The third-order valence-electron chi connectivity index (χ3n) is 1.74. The van der Waals surface area contributed by atoms with E-state index in [4.69, 9.17) is 5.11 Å². The predicted octanol–water partition coefficient (Wildman–Crippen LogP) is 2.90. The predicted molar refractivity (Wildman–Crippen MR) is 54.9 cm³/mol. The number of allylic oxidation sites excluding steroid dienone is 2. The van der Waals surface area contributed by atoms with Crippen LogP contribution >= 0.6 is 0 Å². The van der Waals surface area contributed by atoms with Gasteiger partial charge >= 0.3 is 0 Å². The van der Waals surface area contributed by atoms with E-state index in [1.807, 2.05) is 25.1 Å². The van der Waals surface area contributed by atoms with Crippen molar-refractivity contribution in [1.82, 2.24) is 0 Å². The minimum absolute atomic E-state index is 0.0972. The Labute approximate surface area is 78.0 Å². The summed E-state index contributed by atoms with van der Waals surface area (Å²) in [5, 5.41) is 18.7. The highest BCUT2D eigenvalue weighted by molar-refractivity contribution is 6.10. The molecule has 1 rings (SSSR count). The van der Waals surface area contributed by atoms with Crippen molar-refractivity contribution in [3.63, 3.8) is 0 Å². The van der Waals surface area contributed by atoms with Crippen LogP contribution in [0.25, 0.3) is 5.41 Å². The van der Waals surface area contributed by atoms with Crippen molar-refractivity contribution in [2.75, 3.05) is 0 Å². The first-order valence-electron chi connectivity index (χ1n) is 4.25. The quantitative estimate of drug-likeness (QED) is 0.555. The Morgan fingerprint density at radius 2 is 2.00 bits per heavy atom. The summed E-state index contributed by atoms with van der Waals surface area (Å²) in [6, 6.07) is 9.12. The van der Waals surface area contributed by atoms with Gasteiger partial charge in [0, 0.05) is 6.42 Å². The van der Waals surface area contributed by atoms with Crippen molar-refractivity contribution < 1.29 is 5.11 Å². The molecule has 0 radical (unpaired) electrons. The molecule has 2 heteroatoms. The first kappa shape index (κ1) is 9.52. The molecule has 0 aliphatic carbocycles. The van der Waals surface area contributed by atoms with E-state index in [-0.39, 0.29) is 11.5 Å². The molecule has 0 saturated heterocycles. The molecular formula is C11H12NO-. The van der Waals surface area contributed by atoms with Crippen LogP contribution in [0.4, 0.5) is 0 Å². The van der Waals surface area contributed by atoms with Gasteiger partial charge in [-0.3, -0.25) is 0 Å². The van der Waals surface area contributed by atoms with Crippen molar-refractivity contribution in [1.29, 1.82) is 0 Å². The Bertz CT molecular complexity index is 314. The molecular weight excluding hydrogens is 162 g/mol.